The molecule has 38 heavy (non-hydrogen) atoms. The first kappa shape index (κ1) is 28.0. The molecule has 2 aliphatic heterocycles. The number of alkyl halides is 3. The Morgan fingerprint density at radius 3 is 2.24 bits per heavy atom. The van der Waals surface area contributed by atoms with Crippen LogP contribution in [-0.2, 0) is 16.1 Å². The molecule has 1 spiro atoms. The lowest BCUT2D eigenvalue weighted by atomic mass is 9.77. The summed E-state index contributed by atoms with van der Waals surface area (Å²) in [4.78, 5) is 30.0. The molecule has 9 heteroatoms. The first-order valence-electron chi connectivity index (χ1n) is 13.3. The van der Waals surface area contributed by atoms with Crippen molar-refractivity contribution in [1.82, 2.24) is 15.1 Å². The second-order valence-electron chi connectivity index (χ2n) is 10.7. The summed E-state index contributed by atoms with van der Waals surface area (Å²) in [6.45, 7) is 7.28. The van der Waals surface area contributed by atoms with E-state index in [9.17, 15) is 22.8 Å². The van der Waals surface area contributed by atoms with Gasteiger partial charge < -0.3 is 19.9 Å². The number of halogens is 3. The van der Waals surface area contributed by atoms with Crippen LogP contribution < -0.4 is 10.1 Å². The van der Waals surface area contributed by atoms with Gasteiger partial charge in [0.25, 0.3) is 0 Å². The molecule has 2 fully saturated rings. The summed E-state index contributed by atoms with van der Waals surface area (Å²) in [6, 6.07) is 15.7. The van der Waals surface area contributed by atoms with Gasteiger partial charge in [0.05, 0.1) is 11.5 Å². The van der Waals surface area contributed by atoms with E-state index in [2.05, 4.69) is 15.0 Å². The van der Waals surface area contributed by atoms with Gasteiger partial charge in [0.2, 0.25) is 11.8 Å². The predicted octanol–water partition coefficient (Wildman–Crippen LogP) is 5.30. The minimum atomic E-state index is -4.72. The second-order valence-corrected chi connectivity index (χ2v) is 10.7. The van der Waals surface area contributed by atoms with Crippen LogP contribution in [0.15, 0.2) is 54.6 Å². The van der Waals surface area contributed by atoms with Crippen molar-refractivity contribution in [3.63, 3.8) is 0 Å². The van der Waals surface area contributed by atoms with Crippen LogP contribution in [0.25, 0.3) is 0 Å². The maximum absolute atomic E-state index is 13.4. The fourth-order valence-electron chi connectivity index (χ4n) is 5.39. The Balaban J connectivity index is 1.29. The number of likely N-dealkylation sites (tertiary alicyclic amines) is 2. The van der Waals surface area contributed by atoms with Gasteiger partial charge in [-0.1, -0.05) is 56.3 Å². The number of piperidine rings is 1. The highest BCUT2D eigenvalue weighted by Crippen LogP contribution is 2.42. The fourth-order valence-corrected chi connectivity index (χ4v) is 5.39. The topological polar surface area (TPSA) is 61.9 Å². The molecule has 2 saturated heterocycles. The summed E-state index contributed by atoms with van der Waals surface area (Å²) in [5.41, 5.74) is 1.51. The number of carbonyl (C=O) groups excluding carboxylic acids is 2. The molecule has 0 aliphatic carbocycles. The standard InChI is InChI=1S/C29H36F3N3O3/c1-21(2)26(36)33-25(23-6-4-3-5-7-23)12-16-34-17-13-28(14-18-34)15-19-35(27(28)37)20-22-8-10-24(11-9-22)38-29(30,31)32/h3-11,21,25H,12-20H2,1-2H3,(H,33,36)/t25-/m0/s1. The fraction of sp³-hybridized carbons (Fsp3) is 0.517. The number of carbonyl (C=O) groups is 2. The zero-order valence-electron chi connectivity index (χ0n) is 22.0. The first-order valence-corrected chi connectivity index (χ1v) is 13.3. The number of rotatable bonds is 9. The molecule has 2 heterocycles. The molecular formula is C29H36F3N3O3. The van der Waals surface area contributed by atoms with E-state index in [-0.39, 0.29) is 34.9 Å². The zero-order chi connectivity index (χ0) is 27.3. The van der Waals surface area contributed by atoms with Gasteiger partial charge >= 0.3 is 6.36 Å². The van der Waals surface area contributed by atoms with E-state index in [4.69, 9.17) is 0 Å². The molecule has 2 aliphatic rings. The maximum atomic E-state index is 13.4. The van der Waals surface area contributed by atoms with Gasteiger partial charge in [0, 0.05) is 25.6 Å². The van der Waals surface area contributed by atoms with Crippen LogP contribution in [0, 0.1) is 11.3 Å². The number of hydrogen-bond acceptors (Lipinski definition) is 4. The Labute approximate surface area is 222 Å². The lowest BCUT2D eigenvalue weighted by molar-refractivity contribution is -0.274. The molecule has 4 rings (SSSR count). The number of nitrogens with one attached hydrogen (secondary N) is 1. The largest absolute Gasteiger partial charge is 0.573 e. The van der Waals surface area contributed by atoms with Crippen molar-refractivity contribution in [3.8, 4) is 5.75 Å². The number of amides is 2. The number of ether oxygens (including phenoxy) is 1. The number of benzene rings is 2. The Morgan fingerprint density at radius 1 is 1.00 bits per heavy atom. The molecule has 0 radical (unpaired) electrons. The minimum absolute atomic E-state index is 0.0376. The van der Waals surface area contributed by atoms with Crippen molar-refractivity contribution in [2.45, 2.75) is 58.5 Å². The van der Waals surface area contributed by atoms with E-state index < -0.39 is 6.36 Å². The van der Waals surface area contributed by atoms with Crippen LogP contribution in [0.2, 0.25) is 0 Å². The van der Waals surface area contributed by atoms with Crippen molar-refractivity contribution in [2.75, 3.05) is 26.2 Å². The Morgan fingerprint density at radius 2 is 1.63 bits per heavy atom. The highest BCUT2D eigenvalue weighted by Gasteiger charge is 2.47. The summed E-state index contributed by atoms with van der Waals surface area (Å²) in [6.07, 6.45) is -1.56. The van der Waals surface area contributed by atoms with Gasteiger partial charge in [-0.05, 0) is 62.0 Å². The molecule has 0 saturated carbocycles. The van der Waals surface area contributed by atoms with E-state index >= 15 is 0 Å². The lowest BCUT2D eigenvalue weighted by Gasteiger charge is -2.38. The van der Waals surface area contributed by atoms with Crippen molar-refractivity contribution in [2.24, 2.45) is 11.3 Å². The smallest absolute Gasteiger partial charge is 0.406 e. The van der Waals surface area contributed by atoms with Gasteiger partial charge in [0.15, 0.2) is 0 Å². The average Bonchev–Trinajstić information content (AvgIpc) is 3.18. The number of hydrogen-bond donors (Lipinski definition) is 1. The summed E-state index contributed by atoms with van der Waals surface area (Å²) in [5.74, 6) is -0.176. The molecule has 6 nitrogen and oxygen atoms in total. The van der Waals surface area contributed by atoms with Gasteiger partial charge in [-0.2, -0.15) is 0 Å². The molecule has 206 valence electrons. The van der Waals surface area contributed by atoms with E-state index in [0.717, 1.165) is 56.4 Å². The lowest BCUT2D eigenvalue weighted by Crippen LogP contribution is -2.45. The molecule has 1 atom stereocenters. The van der Waals surface area contributed by atoms with E-state index in [1.165, 1.54) is 12.1 Å². The van der Waals surface area contributed by atoms with Gasteiger partial charge in [-0.3, -0.25) is 9.59 Å². The third kappa shape index (κ3) is 7.07. The first-order chi connectivity index (χ1) is 18.0. The van der Waals surface area contributed by atoms with Crippen LogP contribution in [0.4, 0.5) is 13.2 Å². The third-order valence-electron chi connectivity index (χ3n) is 7.72. The van der Waals surface area contributed by atoms with E-state index in [1.807, 2.05) is 49.1 Å². The van der Waals surface area contributed by atoms with Crippen molar-refractivity contribution < 1.29 is 27.5 Å². The normalized spacial score (nSPS) is 18.7. The molecule has 2 amide bonds. The summed E-state index contributed by atoms with van der Waals surface area (Å²) in [7, 11) is 0. The van der Waals surface area contributed by atoms with Gasteiger partial charge in [-0.15, -0.1) is 13.2 Å². The van der Waals surface area contributed by atoms with Crippen LogP contribution in [0.3, 0.4) is 0 Å². The van der Waals surface area contributed by atoms with Gasteiger partial charge in [0.1, 0.15) is 5.75 Å². The molecule has 0 bridgehead atoms. The van der Waals surface area contributed by atoms with Crippen LogP contribution in [0.1, 0.15) is 56.7 Å². The maximum Gasteiger partial charge on any atom is 0.573 e. The zero-order valence-corrected chi connectivity index (χ0v) is 22.0. The SMILES string of the molecule is CC(C)C(=O)N[C@@H](CCN1CCC2(CC1)CCN(Cc1ccc(OC(F)(F)F)cc1)C2=O)c1ccccc1. The van der Waals surface area contributed by atoms with Crippen molar-refractivity contribution in [1.29, 1.82) is 0 Å². The quantitative estimate of drug-likeness (QED) is 0.477. The highest BCUT2D eigenvalue weighted by molar-refractivity contribution is 5.85. The molecular weight excluding hydrogens is 495 g/mol. The third-order valence-corrected chi connectivity index (χ3v) is 7.72. The van der Waals surface area contributed by atoms with E-state index in [0.29, 0.717) is 13.1 Å². The molecule has 0 aromatic heterocycles. The molecule has 1 N–H and O–H groups in total. The molecule has 2 aromatic rings. The van der Waals surface area contributed by atoms with Gasteiger partial charge in [-0.25, -0.2) is 0 Å². The van der Waals surface area contributed by atoms with Crippen LogP contribution in [0.5, 0.6) is 5.75 Å². The van der Waals surface area contributed by atoms with E-state index in [1.54, 1.807) is 12.1 Å². The Bertz CT molecular complexity index is 1080. The van der Waals surface area contributed by atoms with Crippen LogP contribution in [-0.4, -0.2) is 54.2 Å². The summed E-state index contributed by atoms with van der Waals surface area (Å²) < 4.78 is 41.1. The average molecular weight is 532 g/mol. The molecule has 0 unspecified atom stereocenters. The highest BCUT2D eigenvalue weighted by atomic mass is 19.4. The molecule has 2 aromatic carbocycles. The minimum Gasteiger partial charge on any atom is -0.406 e. The van der Waals surface area contributed by atoms with Crippen molar-refractivity contribution >= 4 is 11.8 Å². The summed E-state index contributed by atoms with van der Waals surface area (Å²) >= 11 is 0. The second kappa shape index (κ2) is 11.8. The monoisotopic (exact) mass is 531 g/mol. The summed E-state index contributed by atoms with van der Waals surface area (Å²) in [5, 5.41) is 3.18. The Kier molecular flexibility index (Phi) is 8.65. The Hall–Kier alpha value is -3.07. The van der Waals surface area contributed by atoms with Crippen LogP contribution >= 0.6 is 0 Å². The predicted molar refractivity (Wildman–Crippen MR) is 138 cm³/mol. The van der Waals surface area contributed by atoms with Crippen molar-refractivity contribution in [3.05, 3.63) is 65.7 Å². The number of nitrogens with zero attached hydrogens (tertiary/aromatic N) is 2.